The van der Waals surface area contributed by atoms with E-state index in [0.717, 1.165) is 7.11 Å². The fourth-order valence-electron chi connectivity index (χ4n) is 2.54. The number of hydrogen-bond donors (Lipinski definition) is 0. The zero-order chi connectivity index (χ0) is 16.9. The van der Waals surface area contributed by atoms with E-state index in [9.17, 15) is 14.4 Å². The summed E-state index contributed by atoms with van der Waals surface area (Å²) >= 11 is 18.2. The molecule has 1 aliphatic carbocycles. The van der Waals surface area contributed by atoms with Crippen molar-refractivity contribution in [1.82, 2.24) is 0 Å². The first-order valence-electron chi connectivity index (χ1n) is 6.37. The summed E-state index contributed by atoms with van der Waals surface area (Å²) in [6, 6.07) is 6.25. The van der Waals surface area contributed by atoms with E-state index in [-0.39, 0.29) is 42.9 Å². The van der Waals surface area contributed by atoms with Crippen LogP contribution in [0.25, 0.3) is 0 Å². The number of ketones is 2. The van der Waals surface area contributed by atoms with Crippen LogP contribution in [0.2, 0.25) is 15.1 Å². The van der Waals surface area contributed by atoms with Crippen LogP contribution in [0.15, 0.2) is 24.3 Å². The first-order chi connectivity index (χ1) is 10.9. The topological polar surface area (TPSA) is 60.4 Å². The van der Waals surface area contributed by atoms with Gasteiger partial charge in [0.2, 0.25) is 0 Å². The molecule has 0 amide bonds. The van der Waals surface area contributed by atoms with Gasteiger partial charge in [0.25, 0.3) is 0 Å². The smallest absolute Gasteiger partial charge is 0.340 e. The first kappa shape index (κ1) is 16.0. The SMILES string of the molecule is COC(=O)c1c(Cl)c(Cl)c(Cl)c2c1C(=O)c1ccccc1C2=O. The Labute approximate surface area is 145 Å². The Bertz CT molecular complexity index is 903. The maximum absolute atomic E-state index is 12.8. The highest BCUT2D eigenvalue weighted by molar-refractivity contribution is 6.52. The number of hydrogen-bond acceptors (Lipinski definition) is 4. The van der Waals surface area contributed by atoms with Crippen molar-refractivity contribution in [2.45, 2.75) is 0 Å². The van der Waals surface area contributed by atoms with E-state index in [1.54, 1.807) is 12.1 Å². The van der Waals surface area contributed by atoms with Crippen molar-refractivity contribution in [2.75, 3.05) is 7.11 Å². The van der Waals surface area contributed by atoms with Crippen molar-refractivity contribution < 1.29 is 19.1 Å². The van der Waals surface area contributed by atoms with Crippen LogP contribution in [0.5, 0.6) is 0 Å². The summed E-state index contributed by atoms with van der Waals surface area (Å²) in [5, 5.41) is -0.553. The Morgan fingerprint density at radius 2 is 1.39 bits per heavy atom. The van der Waals surface area contributed by atoms with E-state index >= 15 is 0 Å². The number of benzene rings is 2. The van der Waals surface area contributed by atoms with E-state index in [2.05, 4.69) is 4.74 Å². The molecule has 0 atom stereocenters. The summed E-state index contributed by atoms with van der Waals surface area (Å²) in [6.07, 6.45) is 0. The van der Waals surface area contributed by atoms with Gasteiger partial charge in [0.1, 0.15) is 0 Å². The third-order valence-corrected chi connectivity index (χ3v) is 4.91. The van der Waals surface area contributed by atoms with Gasteiger partial charge in [0.05, 0.1) is 38.9 Å². The van der Waals surface area contributed by atoms with Gasteiger partial charge in [-0.3, -0.25) is 9.59 Å². The standard InChI is InChI=1S/C16H7Cl3O4/c1-23-16(22)10-8-9(11(17)13(19)12(10)18)15(21)7-5-3-2-4-6(7)14(8)20/h2-5H,1H3. The molecule has 7 heteroatoms. The van der Waals surface area contributed by atoms with Crippen LogP contribution in [0.4, 0.5) is 0 Å². The highest BCUT2D eigenvalue weighted by Gasteiger charge is 2.38. The van der Waals surface area contributed by atoms with Crippen LogP contribution in [0, 0.1) is 0 Å². The largest absolute Gasteiger partial charge is 0.465 e. The maximum Gasteiger partial charge on any atom is 0.340 e. The highest BCUT2D eigenvalue weighted by atomic mass is 35.5. The van der Waals surface area contributed by atoms with Crippen molar-refractivity contribution in [2.24, 2.45) is 0 Å². The molecule has 3 rings (SSSR count). The quantitative estimate of drug-likeness (QED) is 0.476. The highest BCUT2D eigenvalue weighted by Crippen LogP contribution is 2.43. The molecule has 0 N–H and O–H groups in total. The number of halogens is 3. The van der Waals surface area contributed by atoms with Crippen molar-refractivity contribution >= 4 is 52.3 Å². The number of carbonyl (C=O) groups excluding carboxylic acids is 3. The Morgan fingerprint density at radius 1 is 0.870 bits per heavy atom. The van der Waals surface area contributed by atoms with Gasteiger partial charge in [0, 0.05) is 11.1 Å². The second kappa shape index (κ2) is 5.64. The normalized spacial score (nSPS) is 12.7. The summed E-state index contributed by atoms with van der Waals surface area (Å²) in [6.45, 7) is 0. The molecule has 0 saturated heterocycles. The molecule has 0 radical (unpaired) electrons. The van der Waals surface area contributed by atoms with Gasteiger partial charge in [-0.15, -0.1) is 0 Å². The number of carbonyl (C=O) groups is 3. The summed E-state index contributed by atoms with van der Waals surface area (Å²) < 4.78 is 4.66. The minimum absolute atomic E-state index is 0.134. The number of rotatable bonds is 1. The van der Waals surface area contributed by atoms with Crippen LogP contribution in [-0.4, -0.2) is 24.6 Å². The second-order valence-electron chi connectivity index (χ2n) is 4.76. The molecule has 4 nitrogen and oxygen atoms in total. The molecule has 0 aromatic heterocycles. The molecule has 2 aromatic rings. The van der Waals surface area contributed by atoms with Crippen molar-refractivity contribution in [3.05, 3.63) is 67.2 Å². The predicted octanol–water partition coefficient (Wildman–Crippen LogP) is 4.21. The van der Waals surface area contributed by atoms with Gasteiger partial charge in [-0.1, -0.05) is 59.1 Å². The molecule has 0 bridgehead atoms. The molecule has 0 aliphatic heterocycles. The summed E-state index contributed by atoms with van der Waals surface area (Å²) in [4.78, 5) is 37.6. The Balaban J connectivity index is 2.47. The van der Waals surface area contributed by atoms with Crippen molar-refractivity contribution in [3.63, 3.8) is 0 Å². The minimum atomic E-state index is -0.870. The molecule has 0 unspecified atom stereocenters. The van der Waals surface area contributed by atoms with Crippen LogP contribution in [-0.2, 0) is 4.74 Å². The van der Waals surface area contributed by atoms with Crippen LogP contribution < -0.4 is 0 Å². The fourth-order valence-corrected chi connectivity index (χ4v) is 3.32. The van der Waals surface area contributed by atoms with Crippen LogP contribution in [0.1, 0.15) is 42.2 Å². The third kappa shape index (κ3) is 2.17. The number of methoxy groups -OCH3 is 1. The lowest BCUT2D eigenvalue weighted by Crippen LogP contribution is -2.25. The van der Waals surface area contributed by atoms with E-state index in [0.29, 0.717) is 0 Å². The first-order valence-corrected chi connectivity index (χ1v) is 7.50. The monoisotopic (exact) mass is 368 g/mol. The molecule has 2 aromatic carbocycles. The lowest BCUT2D eigenvalue weighted by atomic mass is 9.81. The van der Waals surface area contributed by atoms with E-state index in [4.69, 9.17) is 34.8 Å². The van der Waals surface area contributed by atoms with Gasteiger partial charge >= 0.3 is 5.97 Å². The summed E-state index contributed by atoms with van der Waals surface area (Å²) in [7, 11) is 1.14. The van der Waals surface area contributed by atoms with Gasteiger partial charge in [-0.05, 0) is 0 Å². The average Bonchev–Trinajstić information content (AvgIpc) is 2.56. The third-order valence-electron chi connectivity index (χ3n) is 3.58. The lowest BCUT2D eigenvalue weighted by Gasteiger charge is -2.22. The van der Waals surface area contributed by atoms with Gasteiger partial charge in [0.15, 0.2) is 11.6 Å². The number of fused-ring (bicyclic) bond motifs is 2. The predicted molar refractivity (Wildman–Crippen MR) is 86.1 cm³/mol. The fraction of sp³-hybridized carbons (Fsp3) is 0.0625. The van der Waals surface area contributed by atoms with Gasteiger partial charge in [-0.25, -0.2) is 4.79 Å². The Kier molecular flexibility index (Phi) is 3.92. The lowest BCUT2D eigenvalue weighted by molar-refractivity contribution is 0.0597. The summed E-state index contributed by atoms with van der Waals surface area (Å²) in [5.74, 6) is -1.90. The number of esters is 1. The molecule has 0 heterocycles. The van der Waals surface area contributed by atoms with Crippen molar-refractivity contribution in [1.29, 1.82) is 0 Å². The molecular weight excluding hydrogens is 363 g/mol. The Hall–Kier alpha value is -1.88. The van der Waals surface area contributed by atoms with Gasteiger partial charge < -0.3 is 4.74 Å². The average molecular weight is 370 g/mol. The molecule has 0 saturated carbocycles. The number of ether oxygens (including phenoxy) is 1. The molecule has 0 spiro atoms. The maximum atomic E-state index is 12.8. The zero-order valence-corrected chi connectivity index (χ0v) is 13.8. The second-order valence-corrected chi connectivity index (χ2v) is 5.90. The minimum Gasteiger partial charge on any atom is -0.465 e. The molecular formula is C16H7Cl3O4. The van der Waals surface area contributed by atoms with Crippen molar-refractivity contribution in [3.8, 4) is 0 Å². The molecule has 116 valence electrons. The Morgan fingerprint density at radius 3 is 1.91 bits per heavy atom. The summed E-state index contributed by atoms with van der Waals surface area (Å²) in [5.41, 5.74) is -0.206. The zero-order valence-electron chi connectivity index (χ0n) is 11.6. The van der Waals surface area contributed by atoms with Crippen LogP contribution >= 0.6 is 34.8 Å². The van der Waals surface area contributed by atoms with E-state index in [1.165, 1.54) is 12.1 Å². The van der Waals surface area contributed by atoms with Crippen LogP contribution in [0.3, 0.4) is 0 Å². The molecule has 1 aliphatic rings. The van der Waals surface area contributed by atoms with E-state index < -0.39 is 17.5 Å². The van der Waals surface area contributed by atoms with E-state index in [1.807, 2.05) is 0 Å². The molecule has 23 heavy (non-hydrogen) atoms. The molecule has 0 fully saturated rings. The van der Waals surface area contributed by atoms with Gasteiger partial charge in [-0.2, -0.15) is 0 Å².